The fourth-order valence-electron chi connectivity index (χ4n) is 1.34. The van der Waals surface area contributed by atoms with E-state index in [4.69, 9.17) is 4.74 Å². The molecule has 1 rings (SSSR count). The van der Waals surface area contributed by atoms with Crippen LogP contribution >= 0.6 is 0 Å². The number of rotatable bonds is 3. The van der Waals surface area contributed by atoms with Crippen LogP contribution in [0.3, 0.4) is 0 Å². The molecule has 1 fully saturated rings. The molecule has 0 aliphatic carbocycles. The SMILES string of the molecule is CCC(O)[C@@H]1CCC(C=O)O1. The Morgan fingerprint density at radius 1 is 1.73 bits per heavy atom. The second kappa shape index (κ2) is 3.83. The molecule has 3 nitrogen and oxygen atoms in total. The number of ether oxygens (including phenoxy) is 1. The minimum atomic E-state index is -0.403. The summed E-state index contributed by atoms with van der Waals surface area (Å²) in [7, 11) is 0. The van der Waals surface area contributed by atoms with Crippen molar-refractivity contribution < 1.29 is 14.6 Å². The van der Waals surface area contributed by atoms with Gasteiger partial charge in [-0.2, -0.15) is 0 Å². The third-order valence-electron chi connectivity index (χ3n) is 2.08. The number of carbonyl (C=O) groups excluding carboxylic acids is 1. The Kier molecular flexibility index (Phi) is 3.02. The van der Waals surface area contributed by atoms with Gasteiger partial charge in [0.25, 0.3) is 0 Å². The molecule has 0 saturated carbocycles. The van der Waals surface area contributed by atoms with Gasteiger partial charge in [-0.25, -0.2) is 0 Å². The first kappa shape index (κ1) is 8.68. The zero-order valence-electron chi connectivity index (χ0n) is 6.69. The van der Waals surface area contributed by atoms with E-state index in [1.165, 1.54) is 0 Å². The van der Waals surface area contributed by atoms with Crippen molar-refractivity contribution in [1.29, 1.82) is 0 Å². The predicted octanol–water partition coefficient (Wildman–Crippen LogP) is 0.504. The van der Waals surface area contributed by atoms with Gasteiger partial charge < -0.3 is 14.6 Å². The number of aldehydes is 1. The topological polar surface area (TPSA) is 46.5 Å². The average molecular weight is 158 g/mol. The molecule has 0 radical (unpaired) electrons. The quantitative estimate of drug-likeness (QED) is 0.608. The van der Waals surface area contributed by atoms with Gasteiger partial charge in [0.05, 0.1) is 12.2 Å². The lowest BCUT2D eigenvalue weighted by atomic mass is 10.1. The lowest BCUT2D eigenvalue weighted by molar-refractivity contribution is -0.120. The number of hydrogen-bond donors (Lipinski definition) is 1. The summed E-state index contributed by atoms with van der Waals surface area (Å²) >= 11 is 0. The average Bonchev–Trinajstić information content (AvgIpc) is 2.50. The van der Waals surface area contributed by atoms with Gasteiger partial charge in [0, 0.05) is 0 Å². The van der Waals surface area contributed by atoms with E-state index in [2.05, 4.69) is 0 Å². The van der Waals surface area contributed by atoms with E-state index in [1.807, 2.05) is 6.92 Å². The van der Waals surface area contributed by atoms with Crippen molar-refractivity contribution in [2.75, 3.05) is 0 Å². The summed E-state index contributed by atoms with van der Waals surface area (Å²) in [5.74, 6) is 0. The van der Waals surface area contributed by atoms with Crippen LogP contribution in [-0.2, 0) is 9.53 Å². The normalized spacial score (nSPS) is 33.6. The van der Waals surface area contributed by atoms with Crippen LogP contribution in [0.5, 0.6) is 0 Å². The molecule has 0 spiro atoms. The van der Waals surface area contributed by atoms with E-state index in [-0.39, 0.29) is 12.2 Å². The van der Waals surface area contributed by atoms with E-state index in [9.17, 15) is 9.90 Å². The molecule has 0 amide bonds. The minimum absolute atomic E-state index is 0.116. The highest BCUT2D eigenvalue weighted by atomic mass is 16.5. The lowest BCUT2D eigenvalue weighted by Gasteiger charge is -2.15. The summed E-state index contributed by atoms with van der Waals surface area (Å²) in [6.07, 6.45) is 2.26. The molecule has 1 aliphatic rings. The summed E-state index contributed by atoms with van der Waals surface area (Å²) in [6, 6.07) is 0. The molecule has 3 heteroatoms. The first-order chi connectivity index (χ1) is 5.27. The van der Waals surface area contributed by atoms with E-state index < -0.39 is 6.10 Å². The van der Waals surface area contributed by atoms with Crippen LogP contribution in [0.15, 0.2) is 0 Å². The summed E-state index contributed by atoms with van der Waals surface area (Å²) in [4.78, 5) is 10.3. The molecule has 1 heterocycles. The van der Waals surface area contributed by atoms with Crippen LogP contribution in [0, 0.1) is 0 Å². The Balaban J connectivity index is 2.34. The van der Waals surface area contributed by atoms with Crippen LogP contribution in [0.2, 0.25) is 0 Å². The van der Waals surface area contributed by atoms with Gasteiger partial charge in [-0.05, 0) is 19.3 Å². The Bertz CT molecular complexity index is 135. The van der Waals surface area contributed by atoms with Crippen molar-refractivity contribution in [2.24, 2.45) is 0 Å². The van der Waals surface area contributed by atoms with Crippen LogP contribution in [-0.4, -0.2) is 29.7 Å². The van der Waals surface area contributed by atoms with Crippen LogP contribution in [0.1, 0.15) is 26.2 Å². The highest BCUT2D eigenvalue weighted by Crippen LogP contribution is 2.21. The highest BCUT2D eigenvalue weighted by molar-refractivity contribution is 5.56. The maximum atomic E-state index is 10.3. The van der Waals surface area contributed by atoms with E-state index in [0.717, 1.165) is 19.1 Å². The maximum Gasteiger partial charge on any atom is 0.148 e. The summed E-state index contributed by atoms with van der Waals surface area (Å²) in [5, 5.41) is 9.33. The van der Waals surface area contributed by atoms with E-state index >= 15 is 0 Å². The maximum absolute atomic E-state index is 10.3. The van der Waals surface area contributed by atoms with Gasteiger partial charge >= 0.3 is 0 Å². The Morgan fingerprint density at radius 2 is 2.45 bits per heavy atom. The Hall–Kier alpha value is -0.410. The van der Waals surface area contributed by atoms with Crippen LogP contribution in [0.25, 0.3) is 0 Å². The molecular weight excluding hydrogens is 144 g/mol. The highest BCUT2D eigenvalue weighted by Gasteiger charge is 2.29. The monoisotopic (exact) mass is 158 g/mol. The number of aliphatic hydroxyl groups excluding tert-OH is 1. The zero-order chi connectivity index (χ0) is 8.27. The third kappa shape index (κ3) is 2.01. The fraction of sp³-hybridized carbons (Fsp3) is 0.875. The van der Waals surface area contributed by atoms with Gasteiger partial charge in [-0.15, -0.1) is 0 Å². The summed E-state index contributed by atoms with van der Waals surface area (Å²) in [6.45, 7) is 1.91. The molecule has 0 aromatic rings. The molecule has 0 bridgehead atoms. The smallest absolute Gasteiger partial charge is 0.148 e. The lowest BCUT2D eigenvalue weighted by Crippen LogP contribution is -2.25. The Labute approximate surface area is 66.4 Å². The van der Waals surface area contributed by atoms with Gasteiger partial charge in [0.1, 0.15) is 12.4 Å². The second-order valence-electron chi connectivity index (χ2n) is 2.90. The summed E-state index contributed by atoms with van der Waals surface area (Å²) < 4.78 is 5.25. The molecule has 1 aliphatic heterocycles. The molecule has 1 N–H and O–H groups in total. The first-order valence-corrected chi connectivity index (χ1v) is 4.06. The van der Waals surface area contributed by atoms with Crippen LogP contribution < -0.4 is 0 Å². The van der Waals surface area contributed by atoms with Gasteiger partial charge in [0.2, 0.25) is 0 Å². The Morgan fingerprint density at radius 3 is 2.91 bits per heavy atom. The minimum Gasteiger partial charge on any atom is -0.390 e. The first-order valence-electron chi connectivity index (χ1n) is 4.06. The van der Waals surface area contributed by atoms with Gasteiger partial charge in [-0.3, -0.25) is 0 Å². The predicted molar refractivity (Wildman–Crippen MR) is 40.3 cm³/mol. The molecule has 2 unspecified atom stereocenters. The molecule has 64 valence electrons. The van der Waals surface area contributed by atoms with Crippen molar-refractivity contribution in [3.63, 3.8) is 0 Å². The van der Waals surface area contributed by atoms with Crippen molar-refractivity contribution in [3.8, 4) is 0 Å². The summed E-state index contributed by atoms with van der Waals surface area (Å²) in [5.41, 5.74) is 0. The zero-order valence-corrected chi connectivity index (χ0v) is 6.69. The third-order valence-corrected chi connectivity index (χ3v) is 2.08. The standard InChI is InChI=1S/C8H14O3/c1-2-7(10)8-4-3-6(5-9)11-8/h5-8,10H,2-4H2,1H3/t6?,7?,8-/m0/s1. The molecular formula is C8H14O3. The number of hydrogen-bond acceptors (Lipinski definition) is 3. The van der Waals surface area contributed by atoms with E-state index in [0.29, 0.717) is 6.42 Å². The van der Waals surface area contributed by atoms with Gasteiger partial charge in [0.15, 0.2) is 0 Å². The van der Waals surface area contributed by atoms with Gasteiger partial charge in [-0.1, -0.05) is 6.92 Å². The molecule has 3 atom stereocenters. The fourth-order valence-corrected chi connectivity index (χ4v) is 1.34. The van der Waals surface area contributed by atoms with E-state index in [1.54, 1.807) is 0 Å². The molecule has 11 heavy (non-hydrogen) atoms. The molecule has 0 aromatic heterocycles. The van der Waals surface area contributed by atoms with Crippen molar-refractivity contribution in [1.82, 2.24) is 0 Å². The largest absolute Gasteiger partial charge is 0.390 e. The van der Waals surface area contributed by atoms with Crippen molar-refractivity contribution in [2.45, 2.75) is 44.5 Å². The number of aliphatic hydroxyl groups is 1. The molecule has 1 saturated heterocycles. The second-order valence-corrected chi connectivity index (χ2v) is 2.90. The van der Waals surface area contributed by atoms with Crippen molar-refractivity contribution in [3.05, 3.63) is 0 Å². The van der Waals surface area contributed by atoms with Crippen molar-refractivity contribution >= 4 is 6.29 Å². The van der Waals surface area contributed by atoms with Crippen LogP contribution in [0.4, 0.5) is 0 Å². The number of carbonyl (C=O) groups is 1. The molecule has 0 aromatic carbocycles.